The molecule has 0 unspecified atom stereocenters. The summed E-state index contributed by atoms with van der Waals surface area (Å²) in [6.45, 7) is 4.45. The van der Waals surface area contributed by atoms with Crippen molar-refractivity contribution in [2.45, 2.75) is 33.1 Å². The van der Waals surface area contributed by atoms with Gasteiger partial charge < -0.3 is 14.8 Å². The van der Waals surface area contributed by atoms with E-state index in [1.165, 1.54) is 11.3 Å². The third-order valence-electron chi connectivity index (χ3n) is 4.04. The third kappa shape index (κ3) is 3.54. The van der Waals surface area contributed by atoms with Gasteiger partial charge in [0.2, 0.25) is 0 Å². The van der Waals surface area contributed by atoms with Gasteiger partial charge >= 0.3 is 5.97 Å². The maximum Gasteiger partial charge on any atom is 0.340 e. The Hall–Kier alpha value is -2.34. The zero-order chi connectivity index (χ0) is 17.8. The highest BCUT2D eigenvalue weighted by molar-refractivity contribution is 7.14. The Morgan fingerprint density at radius 1 is 1.16 bits per heavy atom. The lowest BCUT2D eigenvalue weighted by molar-refractivity contribution is 0.0523. The van der Waals surface area contributed by atoms with E-state index in [2.05, 4.69) is 5.32 Å². The Bertz CT molecular complexity index is 797. The first kappa shape index (κ1) is 17.5. The van der Waals surface area contributed by atoms with Crippen molar-refractivity contribution in [3.8, 4) is 5.75 Å². The van der Waals surface area contributed by atoms with Crippen LogP contribution in [0.15, 0.2) is 24.3 Å². The van der Waals surface area contributed by atoms with Gasteiger partial charge in [0.05, 0.1) is 24.5 Å². The number of amides is 1. The highest BCUT2D eigenvalue weighted by Crippen LogP contribution is 2.37. The van der Waals surface area contributed by atoms with Gasteiger partial charge in [0.15, 0.2) is 0 Å². The van der Waals surface area contributed by atoms with Crippen LogP contribution < -0.4 is 10.1 Å². The standard InChI is InChI=1S/C19H21NO4S/c1-3-23-14-10-6-5-9-13(14)20-18(21)17-16(19(22)24-4-2)12-8-7-11-15(12)25-17/h5-6,9-10H,3-4,7-8,11H2,1-2H3,(H,20,21). The van der Waals surface area contributed by atoms with Gasteiger partial charge in [-0.1, -0.05) is 12.1 Å². The van der Waals surface area contributed by atoms with E-state index in [9.17, 15) is 9.59 Å². The number of thiophene rings is 1. The molecule has 0 radical (unpaired) electrons. The third-order valence-corrected chi connectivity index (χ3v) is 5.33. The number of hydrogen-bond acceptors (Lipinski definition) is 5. The fourth-order valence-corrected chi connectivity index (χ4v) is 4.29. The minimum Gasteiger partial charge on any atom is -0.492 e. The molecule has 25 heavy (non-hydrogen) atoms. The van der Waals surface area contributed by atoms with Gasteiger partial charge in [-0.05, 0) is 50.8 Å². The smallest absolute Gasteiger partial charge is 0.340 e. The van der Waals surface area contributed by atoms with E-state index in [0.717, 1.165) is 29.7 Å². The molecule has 1 aromatic heterocycles. The first-order valence-electron chi connectivity index (χ1n) is 8.50. The molecule has 1 aromatic carbocycles. The summed E-state index contributed by atoms with van der Waals surface area (Å²) in [6.07, 6.45) is 2.75. The molecule has 1 heterocycles. The van der Waals surface area contributed by atoms with Crippen LogP contribution in [0.25, 0.3) is 0 Å². The molecule has 1 aliphatic carbocycles. The quantitative estimate of drug-likeness (QED) is 0.790. The average molecular weight is 359 g/mol. The van der Waals surface area contributed by atoms with E-state index in [-0.39, 0.29) is 12.5 Å². The number of carbonyl (C=O) groups is 2. The van der Waals surface area contributed by atoms with E-state index < -0.39 is 5.97 Å². The van der Waals surface area contributed by atoms with Gasteiger partial charge in [-0.25, -0.2) is 4.79 Å². The van der Waals surface area contributed by atoms with E-state index in [4.69, 9.17) is 9.47 Å². The molecule has 1 amide bonds. The van der Waals surface area contributed by atoms with Gasteiger partial charge in [0.25, 0.3) is 5.91 Å². The second-order valence-corrected chi connectivity index (χ2v) is 6.77. The van der Waals surface area contributed by atoms with Crippen molar-refractivity contribution in [3.05, 3.63) is 45.1 Å². The van der Waals surface area contributed by atoms with Crippen LogP contribution in [-0.2, 0) is 17.6 Å². The molecule has 0 aliphatic heterocycles. The lowest BCUT2D eigenvalue weighted by Gasteiger charge is -2.11. The number of anilines is 1. The van der Waals surface area contributed by atoms with Crippen molar-refractivity contribution in [2.24, 2.45) is 0 Å². The Morgan fingerprint density at radius 3 is 2.72 bits per heavy atom. The van der Waals surface area contributed by atoms with Crippen molar-refractivity contribution in [1.82, 2.24) is 0 Å². The molecule has 3 rings (SSSR count). The molecule has 6 heteroatoms. The molecular formula is C19H21NO4S. The summed E-state index contributed by atoms with van der Waals surface area (Å²) in [5, 5.41) is 2.88. The second kappa shape index (κ2) is 7.70. The molecule has 0 saturated heterocycles. The summed E-state index contributed by atoms with van der Waals surface area (Å²) in [7, 11) is 0. The van der Waals surface area contributed by atoms with Crippen LogP contribution in [0.4, 0.5) is 5.69 Å². The monoisotopic (exact) mass is 359 g/mol. The number of benzene rings is 1. The maximum atomic E-state index is 12.8. The molecule has 2 aromatic rings. The van der Waals surface area contributed by atoms with Gasteiger partial charge in [0, 0.05) is 4.88 Å². The summed E-state index contributed by atoms with van der Waals surface area (Å²) < 4.78 is 10.7. The number of esters is 1. The van der Waals surface area contributed by atoms with Gasteiger partial charge in [-0.2, -0.15) is 0 Å². The number of aryl methyl sites for hydroxylation is 1. The zero-order valence-electron chi connectivity index (χ0n) is 14.4. The largest absolute Gasteiger partial charge is 0.492 e. The first-order valence-corrected chi connectivity index (χ1v) is 9.32. The Morgan fingerprint density at radius 2 is 1.96 bits per heavy atom. The minimum atomic E-state index is -0.412. The zero-order valence-corrected chi connectivity index (χ0v) is 15.2. The number of nitrogens with one attached hydrogen (secondary N) is 1. The van der Waals surface area contributed by atoms with Gasteiger partial charge in [-0.15, -0.1) is 11.3 Å². The van der Waals surface area contributed by atoms with Crippen LogP contribution in [0, 0.1) is 0 Å². The number of carbonyl (C=O) groups excluding carboxylic acids is 2. The molecule has 0 fully saturated rings. The fraction of sp³-hybridized carbons (Fsp3) is 0.368. The Kier molecular flexibility index (Phi) is 5.38. The summed E-state index contributed by atoms with van der Waals surface area (Å²) in [4.78, 5) is 26.8. The van der Waals surface area contributed by atoms with E-state index in [1.807, 2.05) is 19.1 Å². The van der Waals surface area contributed by atoms with Crippen LogP contribution in [-0.4, -0.2) is 25.1 Å². The topological polar surface area (TPSA) is 64.6 Å². The van der Waals surface area contributed by atoms with Crippen LogP contribution in [0.2, 0.25) is 0 Å². The molecule has 1 N–H and O–H groups in total. The van der Waals surface area contributed by atoms with Crippen molar-refractivity contribution >= 4 is 28.9 Å². The summed E-state index contributed by atoms with van der Waals surface area (Å²) in [5.74, 6) is -0.0973. The predicted octanol–water partition coefficient (Wildman–Crippen LogP) is 4.06. The first-order chi connectivity index (χ1) is 12.2. The second-order valence-electron chi connectivity index (χ2n) is 5.67. The summed E-state index contributed by atoms with van der Waals surface area (Å²) in [5.41, 5.74) is 2.01. The normalized spacial score (nSPS) is 12.6. The van der Waals surface area contributed by atoms with Gasteiger partial charge in [-0.3, -0.25) is 4.79 Å². The lowest BCUT2D eigenvalue weighted by Crippen LogP contribution is -2.17. The van der Waals surface area contributed by atoms with Crippen molar-refractivity contribution < 1.29 is 19.1 Å². The van der Waals surface area contributed by atoms with Crippen LogP contribution >= 0.6 is 11.3 Å². The molecular weight excluding hydrogens is 338 g/mol. The number of para-hydroxylation sites is 2. The Balaban J connectivity index is 1.92. The molecule has 5 nitrogen and oxygen atoms in total. The Labute approximate surface area is 151 Å². The maximum absolute atomic E-state index is 12.8. The van der Waals surface area contributed by atoms with Crippen molar-refractivity contribution in [3.63, 3.8) is 0 Å². The van der Waals surface area contributed by atoms with Crippen molar-refractivity contribution in [2.75, 3.05) is 18.5 Å². The molecule has 0 atom stereocenters. The van der Waals surface area contributed by atoms with Crippen LogP contribution in [0.1, 0.15) is 50.7 Å². The SMILES string of the molecule is CCOC(=O)c1c(C(=O)Nc2ccccc2OCC)sc2c1CCC2. The van der Waals surface area contributed by atoms with Crippen LogP contribution in [0.3, 0.4) is 0 Å². The lowest BCUT2D eigenvalue weighted by atomic mass is 10.1. The molecule has 132 valence electrons. The number of rotatable bonds is 6. The average Bonchev–Trinajstić information content (AvgIpc) is 3.17. The van der Waals surface area contributed by atoms with E-state index >= 15 is 0 Å². The highest BCUT2D eigenvalue weighted by atomic mass is 32.1. The molecule has 1 aliphatic rings. The minimum absolute atomic E-state index is 0.289. The number of ether oxygens (including phenoxy) is 2. The molecule has 0 bridgehead atoms. The van der Waals surface area contributed by atoms with E-state index in [1.54, 1.807) is 19.1 Å². The fourth-order valence-electron chi connectivity index (χ4n) is 3.01. The van der Waals surface area contributed by atoms with Crippen LogP contribution in [0.5, 0.6) is 5.75 Å². The molecule has 0 saturated carbocycles. The van der Waals surface area contributed by atoms with E-state index in [0.29, 0.717) is 28.5 Å². The number of fused-ring (bicyclic) bond motifs is 1. The van der Waals surface area contributed by atoms with Gasteiger partial charge in [0.1, 0.15) is 10.6 Å². The summed E-state index contributed by atoms with van der Waals surface area (Å²) in [6, 6.07) is 7.27. The summed E-state index contributed by atoms with van der Waals surface area (Å²) >= 11 is 1.40. The predicted molar refractivity (Wildman–Crippen MR) is 97.9 cm³/mol. The molecule has 0 spiro atoms. The highest BCUT2D eigenvalue weighted by Gasteiger charge is 2.30. The van der Waals surface area contributed by atoms with Crippen molar-refractivity contribution in [1.29, 1.82) is 0 Å². The number of hydrogen-bond donors (Lipinski definition) is 1.